The first-order valence-corrected chi connectivity index (χ1v) is 11.7. The van der Waals surface area contributed by atoms with E-state index >= 15 is 0 Å². The molecule has 31 heavy (non-hydrogen) atoms. The van der Waals surface area contributed by atoms with Gasteiger partial charge in [0, 0.05) is 18.8 Å². The predicted octanol–water partition coefficient (Wildman–Crippen LogP) is 3.53. The summed E-state index contributed by atoms with van der Waals surface area (Å²) in [5.41, 5.74) is 0.334. The number of carbonyl (C=O) groups excluding carboxylic acids is 1. The maximum absolute atomic E-state index is 13.0. The molecule has 0 radical (unpaired) electrons. The van der Waals surface area contributed by atoms with Crippen molar-refractivity contribution < 1.29 is 27.4 Å². The van der Waals surface area contributed by atoms with Gasteiger partial charge in [0.05, 0.1) is 13.2 Å². The van der Waals surface area contributed by atoms with Crippen molar-refractivity contribution in [3.63, 3.8) is 0 Å². The number of sulfonamides is 1. The second-order valence-corrected chi connectivity index (χ2v) is 8.31. The average Bonchev–Trinajstić information content (AvgIpc) is 2.75. The van der Waals surface area contributed by atoms with E-state index in [4.69, 9.17) is 14.2 Å². The van der Waals surface area contributed by atoms with Gasteiger partial charge in [0.2, 0.25) is 10.0 Å². The number of nitrogens with zero attached hydrogens (tertiary/aromatic N) is 1. The van der Waals surface area contributed by atoms with E-state index < -0.39 is 15.9 Å². The van der Waals surface area contributed by atoms with Crippen molar-refractivity contribution >= 4 is 21.6 Å². The molecule has 0 aromatic heterocycles. The van der Waals surface area contributed by atoms with Gasteiger partial charge in [-0.05, 0) is 44.2 Å². The summed E-state index contributed by atoms with van der Waals surface area (Å²) in [6, 6.07) is 11.6. The van der Waals surface area contributed by atoms with Crippen LogP contribution < -0.4 is 19.5 Å². The van der Waals surface area contributed by atoms with E-state index in [0.717, 1.165) is 0 Å². The Morgan fingerprint density at radius 1 is 0.871 bits per heavy atom. The summed E-state index contributed by atoms with van der Waals surface area (Å²) in [6.45, 7) is 8.37. The largest absolute Gasteiger partial charge is 0.492 e. The molecule has 170 valence electrons. The van der Waals surface area contributed by atoms with E-state index in [1.807, 2.05) is 13.0 Å². The van der Waals surface area contributed by atoms with Crippen LogP contribution in [0.5, 0.6) is 17.2 Å². The molecule has 8 nitrogen and oxygen atoms in total. The van der Waals surface area contributed by atoms with E-state index in [2.05, 4.69) is 5.32 Å². The van der Waals surface area contributed by atoms with Crippen molar-refractivity contribution in [2.75, 3.05) is 38.2 Å². The van der Waals surface area contributed by atoms with Gasteiger partial charge in [-0.1, -0.05) is 26.0 Å². The zero-order valence-corrected chi connectivity index (χ0v) is 19.2. The molecule has 0 aliphatic rings. The molecule has 0 fully saturated rings. The van der Waals surface area contributed by atoms with Gasteiger partial charge in [0.15, 0.2) is 18.1 Å². The van der Waals surface area contributed by atoms with Crippen LogP contribution >= 0.6 is 0 Å². The lowest BCUT2D eigenvalue weighted by molar-refractivity contribution is -0.118. The number of rotatable bonds is 12. The maximum Gasteiger partial charge on any atom is 0.262 e. The van der Waals surface area contributed by atoms with Crippen molar-refractivity contribution in [2.24, 2.45) is 0 Å². The topological polar surface area (TPSA) is 94.2 Å². The van der Waals surface area contributed by atoms with Gasteiger partial charge in [0.25, 0.3) is 5.91 Å². The van der Waals surface area contributed by atoms with Crippen molar-refractivity contribution in [3.05, 3.63) is 42.5 Å². The molecule has 0 aliphatic carbocycles. The van der Waals surface area contributed by atoms with Gasteiger partial charge in [0.1, 0.15) is 10.6 Å². The maximum atomic E-state index is 13.0. The Hall–Kier alpha value is -2.78. The molecule has 1 amide bonds. The van der Waals surface area contributed by atoms with E-state index in [9.17, 15) is 13.2 Å². The summed E-state index contributed by atoms with van der Waals surface area (Å²) < 4.78 is 44.0. The number of hydrogen-bond donors (Lipinski definition) is 1. The molecular formula is C22H30N2O6S. The minimum absolute atomic E-state index is 0.0125. The molecule has 0 bridgehead atoms. The Morgan fingerprint density at radius 2 is 1.45 bits per heavy atom. The molecule has 9 heteroatoms. The molecule has 0 aliphatic heterocycles. The van der Waals surface area contributed by atoms with Crippen LogP contribution in [0, 0.1) is 0 Å². The Kier molecular flexibility index (Phi) is 9.14. The minimum atomic E-state index is -3.77. The van der Waals surface area contributed by atoms with E-state index in [1.165, 1.54) is 10.4 Å². The number of carbonyl (C=O) groups is 1. The fourth-order valence-electron chi connectivity index (χ4n) is 2.95. The van der Waals surface area contributed by atoms with Crippen molar-refractivity contribution in [2.45, 2.75) is 32.6 Å². The first-order chi connectivity index (χ1) is 14.9. The third kappa shape index (κ3) is 6.35. The lowest BCUT2D eigenvalue weighted by Crippen LogP contribution is -2.31. The van der Waals surface area contributed by atoms with Crippen molar-refractivity contribution in [3.8, 4) is 17.2 Å². The van der Waals surface area contributed by atoms with Gasteiger partial charge in [-0.25, -0.2) is 8.42 Å². The summed E-state index contributed by atoms with van der Waals surface area (Å²) >= 11 is 0. The number of anilines is 1. The van der Waals surface area contributed by atoms with Crippen LogP contribution in [0.2, 0.25) is 0 Å². The van der Waals surface area contributed by atoms with Crippen LogP contribution in [0.15, 0.2) is 47.4 Å². The van der Waals surface area contributed by atoms with Gasteiger partial charge in [-0.2, -0.15) is 4.31 Å². The predicted molar refractivity (Wildman–Crippen MR) is 119 cm³/mol. The normalized spacial score (nSPS) is 11.3. The molecular weight excluding hydrogens is 420 g/mol. The van der Waals surface area contributed by atoms with E-state index in [-0.39, 0.29) is 17.3 Å². The smallest absolute Gasteiger partial charge is 0.262 e. The molecule has 0 unspecified atom stereocenters. The third-order valence-electron chi connectivity index (χ3n) is 4.36. The summed E-state index contributed by atoms with van der Waals surface area (Å²) in [6.07, 6.45) is 0. The van der Waals surface area contributed by atoms with Crippen LogP contribution in [-0.2, 0) is 14.8 Å². The number of nitrogens with one attached hydrogen (secondary N) is 1. The number of hydrogen-bond acceptors (Lipinski definition) is 6. The van der Waals surface area contributed by atoms with Crippen LogP contribution in [0.1, 0.15) is 27.7 Å². The van der Waals surface area contributed by atoms with Gasteiger partial charge >= 0.3 is 0 Å². The summed E-state index contributed by atoms with van der Waals surface area (Å²) in [5.74, 6) is 0.818. The summed E-state index contributed by atoms with van der Waals surface area (Å²) in [5, 5.41) is 2.68. The van der Waals surface area contributed by atoms with E-state index in [0.29, 0.717) is 43.5 Å². The number of amides is 1. The van der Waals surface area contributed by atoms with Crippen molar-refractivity contribution in [1.82, 2.24) is 4.31 Å². The SMILES string of the molecule is CCOc1ccccc1OCC(=O)Nc1ccc(OCC)c(S(=O)(=O)N(CC)CC)c1. The first-order valence-electron chi connectivity index (χ1n) is 10.3. The second-order valence-electron chi connectivity index (χ2n) is 6.40. The highest BCUT2D eigenvalue weighted by Gasteiger charge is 2.26. The quantitative estimate of drug-likeness (QED) is 0.532. The highest BCUT2D eigenvalue weighted by Crippen LogP contribution is 2.30. The Labute approximate surface area is 184 Å². The molecule has 0 heterocycles. The molecule has 0 saturated carbocycles. The highest BCUT2D eigenvalue weighted by molar-refractivity contribution is 7.89. The highest BCUT2D eigenvalue weighted by atomic mass is 32.2. The summed E-state index contributed by atoms with van der Waals surface area (Å²) in [4.78, 5) is 12.4. The van der Waals surface area contributed by atoms with Crippen LogP contribution in [-0.4, -0.2) is 51.5 Å². The molecule has 1 N–H and O–H groups in total. The van der Waals surface area contributed by atoms with E-state index in [1.54, 1.807) is 51.1 Å². The first kappa shape index (κ1) is 24.5. The lowest BCUT2D eigenvalue weighted by Gasteiger charge is -2.21. The average molecular weight is 451 g/mol. The van der Waals surface area contributed by atoms with Crippen molar-refractivity contribution in [1.29, 1.82) is 0 Å². The third-order valence-corrected chi connectivity index (χ3v) is 6.43. The molecule has 0 saturated heterocycles. The van der Waals surface area contributed by atoms with Gasteiger partial charge < -0.3 is 19.5 Å². The standard InChI is InChI=1S/C22H30N2O6S/c1-5-24(6-2)31(26,27)21-15-17(13-14-20(21)29-8-4)23-22(25)16-30-19-12-10-9-11-18(19)28-7-3/h9-15H,5-8,16H2,1-4H3,(H,23,25). The fourth-order valence-corrected chi connectivity index (χ4v) is 4.56. The molecule has 0 atom stereocenters. The molecule has 2 aromatic carbocycles. The number of para-hydroxylation sites is 2. The fraction of sp³-hybridized carbons (Fsp3) is 0.409. The zero-order valence-electron chi connectivity index (χ0n) is 18.4. The lowest BCUT2D eigenvalue weighted by atomic mass is 10.3. The zero-order chi connectivity index (χ0) is 22.9. The van der Waals surface area contributed by atoms with Crippen LogP contribution in [0.4, 0.5) is 5.69 Å². The van der Waals surface area contributed by atoms with Crippen LogP contribution in [0.3, 0.4) is 0 Å². The minimum Gasteiger partial charge on any atom is -0.492 e. The molecule has 2 rings (SSSR count). The van der Waals surface area contributed by atoms with Crippen LogP contribution in [0.25, 0.3) is 0 Å². The Bertz CT molecular complexity index is 974. The van der Waals surface area contributed by atoms with Gasteiger partial charge in [-0.15, -0.1) is 0 Å². The number of ether oxygens (including phenoxy) is 3. The molecule has 0 spiro atoms. The Morgan fingerprint density at radius 3 is 2.03 bits per heavy atom. The Balaban J connectivity index is 2.19. The molecule has 2 aromatic rings. The second kappa shape index (κ2) is 11.6. The van der Waals surface area contributed by atoms with Gasteiger partial charge in [-0.3, -0.25) is 4.79 Å². The summed E-state index contributed by atoms with van der Waals surface area (Å²) in [7, 11) is -3.77. The monoisotopic (exact) mass is 450 g/mol. The number of benzene rings is 2.